The van der Waals surface area contributed by atoms with Gasteiger partial charge in [-0.2, -0.15) is 39.5 Å². The third-order valence-electron chi connectivity index (χ3n) is 6.36. The molecule has 0 aliphatic carbocycles. The Hall–Kier alpha value is -2.51. The Labute approximate surface area is 193 Å². The van der Waals surface area contributed by atoms with Gasteiger partial charge in [0.25, 0.3) is 6.10 Å². The number of aldehydes is 1. The van der Waals surface area contributed by atoms with E-state index >= 15 is 0 Å². The van der Waals surface area contributed by atoms with Crippen molar-refractivity contribution in [1.82, 2.24) is 9.80 Å². The van der Waals surface area contributed by atoms with Gasteiger partial charge in [0.15, 0.2) is 0 Å². The van der Waals surface area contributed by atoms with E-state index < -0.39 is 41.8 Å². The van der Waals surface area contributed by atoms with Crippen LogP contribution in [0.5, 0.6) is 0 Å². The number of likely N-dealkylation sites (tertiary alicyclic amines) is 2. The van der Waals surface area contributed by atoms with Crippen molar-refractivity contribution in [3.63, 3.8) is 0 Å². The molecule has 0 saturated carbocycles. The molecule has 2 saturated heterocycles. The maximum atomic E-state index is 13.2. The molecule has 14 heteroatoms. The summed E-state index contributed by atoms with van der Waals surface area (Å²) in [6.45, 7) is 0.181. The quantitative estimate of drug-likeness (QED) is 0.385. The highest BCUT2D eigenvalue weighted by atomic mass is 19.4. The van der Waals surface area contributed by atoms with Gasteiger partial charge in [-0.25, -0.2) is 4.79 Å². The smallest absolute Gasteiger partial charge is 0.426 e. The van der Waals surface area contributed by atoms with Crippen LogP contribution in [0.2, 0.25) is 0 Å². The first-order valence-electron chi connectivity index (χ1n) is 10.6. The fourth-order valence-corrected chi connectivity index (χ4v) is 4.67. The summed E-state index contributed by atoms with van der Waals surface area (Å²) in [6, 6.07) is 2.99. The Morgan fingerprint density at radius 3 is 2.06 bits per heavy atom. The van der Waals surface area contributed by atoms with E-state index in [1.807, 2.05) is 4.90 Å². The Morgan fingerprint density at radius 2 is 1.54 bits per heavy atom. The highest BCUT2D eigenvalue weighted by Gasteiger charge is 2.60. The van der Waals surface area contributed by atoms with Crippen LogP contribution in [0.1, 0.15) is 47.2 Å². The molecule has 1 spiro atoms. The second kappa shape index (κ2) is 9.51. The summed E-state index contributed by atoms with van der Waals surface area (Å²) in [4.78, 5) is 25.8. The molecule has 0 bridgehead atoms. The number of carbonyl (C=O) groups is 2. The van der Waals surface area contributed by atoms with E-state index in [9.17, 15) is 49.1 Å². The summed E-state index contributed by atoms with van der Waals surface area (Å²) in [6.07, 6.45) is -20.4. The van der Waals surface area contributed by atoms with E-state index in [0.29, 0.717) is 25.7 Å². The van der Waals surface area contributed by atoms with Crippen LogP contribution < -0.4 is 0 Å². The Balaban J connectivity index is 1.69. The van der Waals surface area contributed by atoms with Crippen molar-refractivity contribution in [2.75, 3.05) is 19.6 Å². The van der Waals surface area contributed by atoms with E-state index in [1.165, 1.54) is 6.07 Å². The number of rotatable bonds is 4. The van der Waals surface area contributed by atoms with Crippen molar-refractivity contribution in [2.45, 2.75) is 62.4 Å². The van der Waals surface area contributed by atoms with Crippen molar-refractivity contribution in [3.8, 4) is 0 Å². The van der Waals surface area contributed by atoms with Crippen LogP contribution in [0.3, 0.4) is 0 Å². The third-order valence-corrected chi connectivity index (χ3v) is 6.36. The van der Waals surface area contributed by atoms with Crippen LogP contribution >= 0.6 is 0 Å². The van der Waals surface area contributed by atoms with Crippen LogP contribution in [-0.2, 0) is 17.5 Å². The average Bonchev–Trinajstić information content (AvgIpc) is 3.11. The lowest BCUT2D eigenvalue weighted by Crippen LogP contribution is -2.54. The van der Waals surface area contributed by atoms with E-state index in [2.05, 4.69) is 4.74 Å². The summed E-state index contributed by atoms with van der Waals surface area (Å²) < 4.78 is 119. The molecule has 2 heterocycles. The molecule has 196 valence electrons. The Kier molecular flexibility index (Phi) is 7.36. The lowest BCUT2D eigenvalue weighted by atomic mass is 9.84. The molecule has 0 radical (unpaired) electrons. The van der Waals surface area contributed by atoms with Gasteiger partial charge in [-0.3, -0.25) is 9.69 Å². The predicted octanol–water partition coefficient (Wildman–Crippen LogP) is 5.58. The minimum Gasteiger partial charge on any atom is -0.426 e. The van der Waals surface area contributed by atoms with Gasteiger partial charge in [0.1, 0.15) is 6.29 Å². The molecule has 0 N–H and O–H groups in total. The summed E-state index contributed by atoms with van der Waals surface area (Å²) in [5, 5.41) is 0. The zero-order chi connectivity index (χ0) is 26.2. The molecule has 2 aliphatic rings. The standard InChI is InChI=1S/C21H21F9N2O3/c22-19(23,24)15-9-13(8-14(10-15)12-33)11-32-5-1-2-18(32)3-6-31(7-4-18)17(34)35-16(20(25,26)27)21(28,29)30/h8-10,12,16H,1-7,11H2. The highest BCUT2D eigenvalue weighted by Crippen LogP contribution is 2.41. The van der Waals surface area contributed by atoms with Crippen LogP contribution in [-0.4, -0.2) is 65.8 Å². The van der Waals surface area contributed by atoms with Gasteiger partial charge in [-0.15, -0.1) is 0 Å². The van der Waals surface area contributed by atoms with Crippen molar-refractivity contribution >= 4 is 12.4 Å². The van der Waals surface area contributed by atoms with Crippen LogP contribution in [0.15, 0.2) is 18.2 Å². The monoisotopic (exact) mass is 520 g/mol. The molecular formula is C21H21F9N2O3. The molecule has 1 amide bonds. The molecular weight excluding hydrogens is 499 g/mol. The molecule has 2 aliphatic heterocycles. The first kappa shape index (κ1) is 27.1. The van der Waals surface area contributed by atoms with Crippen molar-refractivity contribution in [1.29, 1.82) is 0 Å². The van der Waals surface area contributed by atoms with E-state index in [4.69, 9.17) is 0 Å². The van der Waals surface area contributed by atoms with Crippen molar-refractivity contribution in [3.05, 3.63) is 34.9 Å². The van der Waals surface area contributed by atoms with Gasteiger partial charge >= 0.3 is 24.6 Å². The zero-order valence-corrected chi connectivity index (χ0v) is 18.1. The SMILES string of the molecule is O=Cc1cc(CN2CCCC23CCN(C(=O)OC(C(F)(F)F)C(F)(F)F)CC3)cc(C(F)(F)F)c1. The summed E-state index contributed by atoms with van der Waals surface area (Å²) in [7, 11) is 0. The lowest BCUT2D eigenvalue weighted by Gasteiger charge is -2.45. The number of nitrogens with zero attached hydrogens (tertiary/aromatic N) is 2. The second-order valence-electron chi connectivity index (χ2n) is 8.66. The van der Waals surface area contributed by atoms with Crippen LogP contribution in [0.4, 0.5) is 44.3 Å². The van der Waals surface area contributed by atoms with Crippen LogP contribution in [0.25, 0.3) is 0 Å². The largest absolute Gasteiger partial charge is 0.434 e. The molecule has 0 atom stereocenters. The molecule has 3 rings (SSSR count). The average molecular weight is 520 g/mol. The van der Waals surface area contributed by atoms with E-state index in [-0.39, 0.29) is 43.6 Å². The number of halogens is 9. The first-order valence-corrected chi connectivity index (χ1v) is 10.6. The van der Waals surface area contributed by atoms with Gasteiger partial charge in [-0.1, -0.05) is 0 Å². The highest BCUT2D eigenvalue weighted by molar-refractivity contribution is 5.75. The number of alkyl halides is 9. The number of hydrogen-bond acceptors (Lipinski definition) is 4. The number of amides is 1. The maximum Gasteiger partial charge on any atom is 0.434 e. The molecule has 5 nitrogen and oxygen atoms in total. The number of carbonyl (C=O) groups excluding carboxylic acids is 2. The fraction of sp³-hybridized carbons (Fsp3) is 0.619. The predicted molar refractivity (Wildman–Crippen MR) is 102 cm³/mol. The third kappa shape index (κ3) is 6.19. The summed E-state index contributed by atoms with van der Waals surface area (Å²) in [5.41, 5.74) is -1.49. The van der Waals surface area contributed by atoms with Gasteiger partial charge in [0.05, 0.1) is 5.56 Å². The lowest BCUT2D eigenvalue weighted by molar-refractivity contribution is -0.308. The van der Waals surface area contributed by atoms with E-state index in [1.54, 1.807) is 0 Å². The van der Waals surface area contributed by atoms with Crippen LogP contribution in [0, 0.1) is 0 Å². The van der Waals surface area contributed by atoms with Crippen molar-refractivity contribution in [2.24, 2.45) is 0 Å². The minimum atomic E-state index is -5.82. The van der Waals surface area contributed by atoms with E-state index in [0.717, 1.165) is 17.0 Å². The van der Waals surface area contributed by atoms with Gasteiger partial charge in [0, 0.05) is 30.7 Å². The maximum absolute atomic E-state index is 13.2. The Morgan fingerprint density at radius 1 is 0.943 bits per heavy atom. The number of hydrogen-bond donors (Lipinski definition) is 0. The normalized spacial score (nSPS) is 19.4. The van der Waals surface area contributed by atoms with Gasteiger partial charge < -0.3 is 9.64 Å². The van der Waals surface area contributed by atoms with Gasteiger partial charge in [-0.05, 0) is 56.0 Å². The molecule has 0 unspecified atom stereocenters. The zero-order valence-electron chi connectivity index (χ0n) is 18.1. The second-order valence-corrected chi connectivity index (χ2v) is 8.66. The van der Waals surface area contributed by atoms with Gasteiger partial charge in [0.2, 0.25) is 0 Å². The topological polar surface area (TPSA) is 49.9 Å². The molecule has 0 aromatic heterocycles. The number of ether oxygens (including phenoxy) is 1. The molecule has 1 aromatic rings. The first-order chi connectivity index (χ1) is 16.0. The summed E-state index contributed by atoms with van der Waals surface area (Å²) >= 11 is 0. The molecule has 1 aromatic carbocycles. The van der Waals surface area contributed by atoms with Crippen molar-refractivity contribution < 1.29 is 53.8 Å². The number of benzene rings is 1. The molecule has 2 fully saturated rings. The summed E-state index contributed by atoms with van der Waals surface area (Å²) in [5.74, 6) is 0. The Bertz CT molecular complexity index is 921. The minimum absolute atomic E-state index is 0.0550. The number of piperidine rings is 1. The molecule has 35 heavy (non-hydrogen) atoms. The fourth-order valence-electron chi connectivity index (χ4n) is 4.67.